The molecule has 1 amide bonds. The molecule has 1 unspecified atom stereocenters. The highest BCUT2D eigenvalue weighted by Crippen LogP contribution is 2.15. The van der Waals surface area contributed by atoms with Crippen LogP contribution in [0.2, 0.25) is 0 Å². The van der Waals surface area contributed by atoms with Gasteiger partial charge in [0.05, 0.1) is 5.01 Å². The van der Waals surface area contributed by atoms with Crippen molar-refractivity contribution in [3.63, 3.8) is 0 Å². The Morgan fingerprint density at radius 1 is 1.44 bits per heavy atom. The molecule has 0 spiro atoms. The van der Waals surface area contributed by atoms with Crippen LogP contribution in [-0.4, -0.2) is 70.9 Å². The fourth-order valence-electron chi connectivity index (χ4n) is 2.57. The highest BCUT2D eigenvalue weighted by molar-refractivity contribution is 7.09. The van der Waals surface area contributed by atoms with Gasteiger partial charge in [-0.2, -0.15) is 13.2 Å². The number of thiazole rings is 1. The number of carbonyl (C=O) groups is 2. The number of rotatable bonds is 6. The minimum Gasteiger partial charge on any atom is -0.475 e. The maximum absolute atomic E-state index is 11.8. The van der Waals surface area contributed by atoms with E-state index in [-0.39, 0.29) is 12.5 Å². The van der Waals surface area contributed by atoms with Crippen molar-refractivity contribution in [2.24, 2.45) is 5.92 Å². The van der Waals surface area contributed by atoms with E-state index in [1.54, 1.807) is 5.38 Å². The molecule has 1 aliphatic heterocycles. The van der Waals surface area contributed by atoms with Crippen LogP contribution < -0.4 is 5.32 Å². The molecule has 0 aliphatic carbocycles. The number of nitrogens with zero attached hydrogens (tertiary/aromatic N) is 2. The second-order valence-corrected chi connectivity index (χ2v) is 7.22. The van der Waals surface area contributed by atoms with Crippen LogP contribution in [0.3, 0.4) is 0 Å². The van der Waals surface area contributed by atoms with Crippen molar-refractivity contribution in [2.75, 3.05) is 32.8 Å². The lowest BCUT2D eigenvalue weighted by atomic mass is 9.99. The molecule has 2 heterocycles. The summed E-state index contributed by atoms with van der Waals surface area (Å²) in [7, 11) is 0. The van der Waals surface area contributed by atoms with Gasteiger partial charge in [-0.1, -0.05) is 0 Å². The largest absolute Gasteiger partial charge is 0.490 e. The fourth-order valence-corrected chi connectivity index (χ4v) is 3.16. The van der Waals surface area contributed by atoms with Gasteiger partial charge >= 0.3 is 12.1 Å². The molecule has 1 aromatic rings. The summed E-state index contributed by atoms with van der Waals surface area (Å²) in [6.07, 6.45) is -1.85. The number of carboxylic acids is 1. The predicted molar refractivity (Wildman–Crippen MR) is 93.7 cm³/mol. The predicted octanol–water partition coefficient (Wildman–Crippen LogP) is 1.91. The van der Waals surface area contributed by atoms with Gasteiger partial charge in [0.15, 0.2) is 0 Å². The van der Waals surface area contributed by atoms with E-state index in [0.717, 1.165) is 43.9 Å². The first-order valence-electron chi connectivity index (χ1n) is 8.47. The van der Waals surface area contributed by atoms with Crippen LogP contribution in [0.4, 0.5) is 13.2 Å². The number of hydrogen-bond donors (Lipinski definition) is 3. The lowest BCUT2D eigenvalue weighted by molar-refractivity contribution is -0.192. The summed E-state index contributed by atoms with van der Waals surface area (Å²) in [6.45, 7) is 5.93. The Bertz CT molecular complexity index is 610. The quantitative estimate of drug-likeness (QED) is 0.618. The molecular weight excluding hydrogens is 387 g/mol. The number of aliphatic hydroxyl groups excluding tert-OH is 1. The van der Waals surface area contributed by atoms with Crippen molar-refractivity contribution in [1.29, 1.82) is 0 Å². The number of aryl methyl sites for hydroxylation is 1. The number of nitrogens with one attached hydrogen (secondary N) is 1. The summed E-state index contributed by atoms with van der Waals surface area (Å²) in [6, 6.07) is 0. The molecule has 0 aromatic carbocycles. The highest BCUT2D eigenvalue weighted by atomic mass is 32.1. The zero-order valence-electron chi connectivity index (χ0n) is 15.0. The van der Waals surface area contributed by atoms with E-state index in [1.807, 2.05) is 6.92 Å². The lowest BCUT2D eigenvalue weighted by Crippen LogP contribution is -2.38. The molecule has 7 nitrogen and oxygen atoms in total. The number of aromatic nitrogens is 1. The van der Waals surface area contributed by atoms with Crippen molar-refractivity contribution < 1.29 is 33.0 Å². The number of carbonyl (C=O) groups excluding carboxylic acids is 1. The van der Waals surface area contributed by atoms with Crippen molar-refractivity contribution in [1.82, 2.24) is 15.2 Å². The van der Waals surface area contributed by atoms with Crippen molar-refractivity contribution >= 4 is 23.2 Å². The molecule has 27 heavy (non-hydrogen) atoms. The lowest BCUT2D eigenvalue weighted by Gasteiger charge is -2.31. The van der Waals surface area contributed by atoms with Gasteiger partial charge in [-0.3, -0.25) is 4.79 Å². The summed E-state index contributed by atoms with van der Waals surface area (Å²) in [5, 5.41) is 21.9. The number of halogens is 3. The number of likely N-dealkylation sites (tertiary alicyclic amines) is 1. The Morgan fingerprint density at radius 2 is 2.11 bits per heavy atom. The molecule has 1 aromatic heterocycles. The van der Waals surface area contributed by atoms with E-state index in [2.05, 4.69) is 15.2 Å². The van der Waals surface area contributed by atoms with Gasteiger partial charge in [-0.15, -0.1) is 11.3 Å². The molecule has 1 fully saturated rings. The van der Waals surface area contributed by atoms with Gasteiger partial charge in [0.2, 0.25) is 0 Å². The van der Waals surface area contributed by atoms with E-state index >= 15 is 0 Å². The third-order valence-corrected chi connectivity index (χ3v) is 4.67. The van der Waals surface area contributed by atoms with Gasteiger partial charge in [-0.25, -0.2) is 9.78 Å². The molecule has 3 N–H and O–H groups in total. The number of aliphatic carboxylic acids is 1. The van der Waals surface area contributed by atoms with Crippen LogP contribution in [0.25, 0.3) is 0 Å². The zero-order chi connectivity index (χ0) is 20.4. The molecule has 2 rings (SSSR count). The van der Waals surface area contributed by atoms with Gasteiger partial charge in [0.25, 0.3) is 5.91 Å². The third kappa shape index (κ3) is 9.16. The van der Waals surface area contributed by atoms with E-state index in [4.69, 9.17) is 9.90 Å². The summed E-state index contributed by atoms with van der Waals surface area (Å²) in [5.41, 5.74) is 0.519. The first-order valence-corrected chi connectivity index (χ1v) is 9.35. The maximum Gasteiger partial charge on any atom is 0.490 e. The highest BCUT2D eigenvalue weighted by Gasteiger charge is 2.38. The van der Waals surface area contributed by atoms with Gasteiger partial charge in [0, 0.05) is 25.1 Å². The number of alkyl halides is 3. The van der Waals surface area contributed by atoms with E-state index in [9.17, 15) is 23.1 Å². The van der Waals surface area contributed by atoms with Crippen LogP contribution in [0.15, 0.2) is 5.38 Å². The Labute approximate surface area is 159 Å². The minimum absolute atomic E-state index is 0.0822. The second-order valence-electron chi connectivity index (χ2n) is 6.16. The van der Waals surface area contributed by atoms with Crippen LogP contribution in [0, 0.1) is 12.8 Å². The number of amides is 1. The summed E-state index contributed by atoms with van der Waals surface area (Å²) in [4.78, 5) is 27.2. The van der Waals surface area contributed by atoms with Crippen molar-refractivity contribution in [2.45, 2.75) is 32.4 Å². The van der Waals surface area contributed by atoms with Crippen molar-refractivity contribution in [3.05, 3.63) is 16.1 Å². The van der Waals surface area contributed by atoms with E-state index < -0.39 is 12.1 Å². The first kappa shape index (κ1) is 23.3. The van der Waals surface area contributed by atoms with E-state index in [1.165, 1.54) is 11.3 Å². The minimum atomic E-state index is -5.08. The van der Waals surface area contributed by atoms with Crippen molar-refractivity contribution in [3.8, 4) is 0 Å². The standard InChI is InChI=1S/C14H23N3O2S.C2HF3O2/c1-11-16-13(10-20-11)14(19)15-5-3-7-17-6-2-4-12(8-17)9-18;3-2(4,5)1(6)7/h10,12,18H,2-9H2,1H3,(H,15,19);(H,6,7). The van der Waals surface area contributed by atoms with Crippen LogP contribution in [-0.2, 0) is 4.79 Å². The number of carboxylic acid groups (broad SMARTS) is 1. The molecule has 1 saturated heterocycles. The fraction of sp³-hybridized carbons (Fsp3) is 0.688. The van der Waals surface area contributed by atoms with Gasteiger partial charge < -0.3 is 20.4 Å². The molecule has 1 atom stereocenters. The van der Waals surface area contributed by atoms with Gasteiger partial charge in [-0.05, 0) is 45.2 Å². The van der Waals surface area contributed by atoms with Crippen LogP contribution in [0.1, 0.15) is 34.8 Å². The second kappa shape index (κ2) is 11.2. The summed E-state index contributed by atoms with van der Waals surface area (Å²) < 4.78 is 31.7. The average Bonchev–Trinajstić information content (AvgIpc) is 3.05. The third-order valence-electron chi connectivity index (χ3n) is 3.89. The average molecular weight is 411 g/mol. The summed E-state index contributed by atoms with van der Waals surface area (Å²) in [5.74, 6) is -2.41. The van der Waals surface area contributed by atoms with Gasteiger partial charge in [0.1, 0.15) is 5.69 Å². The molecule has 154 valence electrons. The van der Waals surface area contributed by atoms with Crippen LogP contribution >= 0.6 is 11.3 Å². The number of aliphatic hydroxyl groups is 1. The zero-order valence-corrected chi connectivity index (χ0v) is 15.8. The smallest absolute Gasteiger partial charge is 0.475 e. The monoisotopic (exact) mass is 411 g/mol. The molecular formula is C16H24F3N3O4S. The molecule has 0 saturated carbocycles. The maximum atomic E-state index is 11.8. The molecule has 0 radical (unpaired) electrons. The SMILES string of the molecule is Cc1nc(C(=O)NCCCN2CCCC(CO)C2)cs1.O=C(O)C(F)(F)F. The Morgan fingerprint density at radius 3 is 2.63 bits per heavy atom. The normalized spacial score (nSPS) is 17.7. The molecule has 11 heteroatoms. The van der Waals surface area contributed by atoms with E-state index in [0.29, 0.717) is 18.2 Å². The summed E-state index contributed by atoms with van der Waals surface area (Å²) >= 11 is 1.49. The molecule has 0 bridgehead atoms. The number of hydrogen-bond acceptors (Lipinski definition) is 6. The Kier molecular flexibility index (Phi) is 9.67. The number of piperidine rings is 1. The topological polar surface area (TPSA) is 103 Å². The Hall–Kier alpha value is -1.72. The Balaban J connectivity index is 0.000000445. The molecule has 1 aliphatic rings. The first-order chi connectivity index (χ1) is 12.6. The van der Waals surface area contributed by atoms with Crippen LogP contribution in [0.5, 0.6) is 0 Å².